The lowest BCUT2D eigenvalue weighted by molar-refractivity contribution is -0.123. The van der Waals surface area contributed by atoms with Gasteiger partial charge >= 0.3 is 0 Å². The van der Waals surface area contributed by atoms with Crippen LogP contribution in [0.1, 0.15) is 15.9 Å². The van der Waals surface area contributed by atoms with E-state index >= 15 is 0 Å². The molecule has 2 N–H and O–H groups in total. The van der Waals surface area contributed by atoms with E-state index < -0.39 is 11.8 Å². The van der Waals surface area contributed by atoms with Crippen LogP contribution in [0.5, 0.6) is 5.75 Å². The molecule has 114 valence electrons. The number of benzene rings is 2. The second kappa shape index (κ2) is 7.61. The van der Waals surface area contributed by atoms with Crippen LogP contribution >= 0.6 is 15.9 Å². The van der Waals surface area contributed by atoms with Gasteiger partial charge in [0.2, 0.25) is 0 Å². The lowest BCUT2D eigenvalue weighted by atomic mass is 10.2. The molecule has 0 fully saturated rings. The molecule has 0 atom stereocenters. The molecule has 2 aromatic carbocycles. The van der Waals surface area contributed by atoms with Gasteiger partial charge in [0.1, 0.15) is 5.75 Å². The Bertz CT molecular complexity index is 689. The van der Waals surface area contributed by atoms with Crippen LogP contribution in [0.4, 0.5) is 0 Å². The standard InChI is InChI=1S/C16H15BrN2O3/c1-11-5-2-3-8-14(11)22-10-15(20)18-19-16(21)12-6-4-7-13(17)9-12/h2-9H,10H2,1H3,(H,18,20)(H,19,21). The van der Waals surface area contributed by atoms with Crippen LogP contribution in [0, 0.1) is 6.92 Å². The summed E-state index contributed by atoms with van der Waals surface area (Å²) in [6.07, 6.45) is 0. The number of ether oxygens (including phenoxy) is 1. The van der Waals surface area contributed by atoms with E-state index in [4.69, 9.17) is 4.74 Å². The monoisotopic (exact) mass is 362 g/mol. The first kappa shape index (κ1) is 16.0. The molecule has 0 radical (unpaired) electrons. The summed E-state index contributed by atoms with van der Waals surface area (Å²) in [7, 11) is 0. The number of halogens is 1. The SMILES string of the molecule is Cc1ccccc1OCC(=O)NNC(=O)c1cccc(Br)c1. The summed E-state index contributed by atoms with van der Waals surface area (Å²) >= 11 is 3.28. The van der Waals surface area contributed by atoms with Gasteiger partial charge in [-0.05, 0) is 36.8 Å². The summed E-state index contributed by atoms with van der Waals surface area (Å²) in [5, 5.41) is 0. The highest BCUT2D eigenvalue weighted by molar-refractivity contribution is 9.10. The van der Waals surface area contributed by atoms with Gasteiger partial charge in [0.05, 0.1) is 0 Å². The van der Waals surface area contributed by atoms with Crippen molar-refractivity contribution in [1.29, 1.82) is 0 Å². The quantitative estimate of drug-likeness (QED) is 0.821. The predicted molar refractivity (Wildman–Crippen MR) is 86.4 cm³/mol. The first-order chi connectivity index (χ1) is 10.6. The van der Waals surface area contributed by atoms with Crippen LogP contribution in [0.15, 0.2) is 53.0 Å². The predicted octanol–water partition coefficient (Wildman–Crippen LogP) is 2.60. The van der Waals surface area contributed by atoms with Crippen LogP contribution in [0.3, 0.4) is 0 Å². The zero-order chi connectivity index (χ0) is 15.9. The Morgan fingerprint density at radius 1 is 1.09 bits per heavy atom. The molecule has 0 saturated heterocycles. The van der Waals surface area contributed by atoms with Crippen molar-refractivity contribution in [3.8, 4) is 5.75 Å². The molecule has 0 unspecified atom stereocenters. The van der Waals surface area contributed by atoms with Gasteiger partial charge in [0.15, 0.2) is 6.61 Å². The smallest absolute Gasteiger partial charge is 0.276 e. The maximum atomic E-state index is 11.8. The van der Waals surface area contributed by atoms with Crippen molar-refractivity contribution in [3.05, 3.63) is 64.1 Å². The highest BCUT2D eigenvalue weighted by Crippen LogP contribution is 2.15. The third-order valence-corrected chi connectivity index (χ3v) is 3.35. The summed E-state index contributed by atoms with van der Waals surface area (Å²) < 4.78 is 6.17. The van der Waals surface area contributed by atoms with E-state index in [9.17, 15) is 9.59 Å². The molecule has 0 heterocycles. The highest BCUT2D eigenvalue weighted by Gasteiger charge is 2.08. The number of hydrazine groups is 1. The lowest BCUT2D eigenvalue weighted by Gasteiger charge is -2.10. The average Bonchev–Trinajstić information content (AvgIpc) is 2.52. The first-order valence-corrected chi connectivity index (χ1v) is 7.39. The third-order valence-electron chi connectivity index (χ3n) is 2.85. The number of amides is 2. The Morgan fingerprint density at radius 2 is 1.86 bits per heavy atom. The molecule has 0 aliphatic carbocycles. The number of rotatable bonds is 4. The van der Waals surface area contributed by atoms with Crippen LogP contribution in [0.2, 0.25) is 0 Å². The Labute approximate surface area is 136 Å². The van der Waals surface area contributed by atoms with E-state index in [1.807, 2.05) is 31.2 Å². The van der Waals surface area contributed by atoms with Crippen molar-refractivity contribution in [2.24, 2.45) is 0 Å². The molecule has 22 heavy (non-hydrogen) atoms. The minimum absolute atomic E-state index is 0.177. The minimum Gasteiger partial charge on any atom is -0.483 e. The molecule has 0 aliphatic heterocycles. The average molecular weight is 363 g/mol. The summed E-state index contributed by atoms with van der Waals surface area (Å²) in [4.78, 5) is 23.5. The van der Waals surface area contributed by atoms with E-state index in [0.717, 1.165) is 10.0 Å². The topological polar surface area (TPSA) is 67.4 Å². The van der Waals surface area contributed by atoms with Gasteiger partial charge < -0.3 is 4.74 Å². The van der Waals surface area contributed by atoms with Gasteiger partial charge in [-0.15, -0.1) is 0 Å². The zero-order valence-corrected chi connectivity index (χ0v) is 13.5. The maximum Gasteiger partial charge on any atom is 0.276 e. The largest absolute Gasteiger partial charge is 0.483 e. The molecule has 0 spiro atoms. The van der Waals surface area contributed by atoms with Gasteiger partial charge in [-0.3, -0.25) is 20.4 Å². The van der Waals surface area contributed by atoms with Gasteiger partial charge in [-0.25, -0.2) is 0 Å². The summed E-state index contributed by atoms with van der Waals surface area (Å²) in [6.45, 7) is 1.71. The normalized spacial score (nSPS) is 9.91. The Balaban J connectivity index is 1.81. The molecule has 2 amide bonds. The molecule has 6 heteroatoms. The molecule has 2 aromatic rings. The van der Waals surface area contributed by atoms with E-state index in [2.05, 4.69) is 26.8 Å². The molecule has 0 saturated carbocycles. The number of aryl methyl sites for hydroxylation is 1. The summed E-state index contributed by atoms with van der Waals surface area (Å²) in [6, 6.07) is 14.2. The highest BCUT2D eigenvalue weighted by atomic mass is 79.9. The van der Waals surface area contributed by atoms with Crippen molar-refractivity contribution in [3.63, 3.8) is 0 Å². The number of hydrogen-bond acceptors (Lipinski definition) is 3. The molecule has 5 nitrogen and oxygen atoms in total. The van der Waals surface area contributed by atoms with Crippen LogP contribution in [-0.4, -0.2) is 18.4 Å². The van der Waals surface area contributed by atoms with Crippen LogP contribution in [-0.2, 0) is 4.79 Å². The first-order valence-electron chi connectivity index (χ1n) is 6.59. The number of para-hydroxylation sites is 1. The van der Waals surface area contributed by atoms with Crippen LogP contribution in [0.25, 0.3) is 0 Å². The van der Waals surface area contributed by atoms with E-state index in [-0.39, 0.29) is 6.61 Å². The molecule has 0 aromatic heterocycles. The fourth-order valence-electron chi connectivity index (χ4n) is 1.73. The number of hydrogen-bond donors (Lipinski definition) is 2. The molecular formula is C16H15BrN2O3. The van der Waals surface area contributed by atoms with Crippen molar-refractivity contribution in [2.75, 3.05) is 6.61 Å². The Hall–Kier alpha value is -2.34. The summed E-state index contributed by atoms with van der Waals surface area (Å²) in [5.41, 5.74) is 6.03. The van der Waals surface area contributed by atoms with E-state index in [0.29, 0.717) is 11.3 Å². The number of carbonyl (C=O) groups is 2. The number of nitrogens with one attached hydrogen (secondary N) is 2. The lowest BCUT2D eigenvalue weighted by Crippen LogP contribution is -2.43. The molecule has 0 bridgehead atoms. The van der Waals surface area contributed by atoms with E-state index in [1.54, 1.807) is 24.3 Å². The second-order valence-corrected chi connectivity index (χ2v) is 5.48. The third kappa shape index (κ3) is 4.60. The van der Waals surface area contributed by atoms with Crippen molar-refractivity contribution >= 4 is 27.7 Å². The second-order valence-electron chi connectivity index (χ2n) is 4.57. The zero-order valence-electron chi connectivity index (χ0n) is 11.9. The molecule has 2 rings (SSSR count). The van der Waals surface area contributed by atoms with Gasteiger partial charge in [-0.2, -0.15) is 0 Å². The van der Waals surface area contributed by atoms with Crippen molar-refractivity contribution in [1.82, 2.24) is 10.9 Å². The molecular weight excluding hydrogens is 348 g/mol. The van der Waals surface area contributed by atoms with Gasteiger partial charge in [0, 0.05) is 10.0 Å². The fourth-order valence-corrected chi connectivity index (χ4v) is 2.13. The van der Waals surface area contributed by atoms with Gasteiger partial charge in [-0.1, -0.05) is 40.2 Å². The minimum atomic E-state index is -0.438. The number of carbonyl (C=O) groups excluding carboxylic acids is 2. The maximum absolute atomic E-state index is 11.8. The Kier molecular flexibility index (Phi) is 5.55. The summed E-state index contributed by atoms with van der Waals surface area (Å²) in [5.74, 6) is -0.201. The van der Waals surface area contributed by atoms with Crippen molar-refractivity contribution < 1.29 is 14.3 Å². The molecule has 0 aliphatic rings. The van der Waals surface area contributed by atoms with Gasteiger partial charge in [0.25, 0.3) is 11.8 Å². The fraction of sp³-hybridized carbons (Fsp3) is 0.125. The van der Waals surface area contributed by atoms with Crippen LogP contribution < -0.4 is 15.6 Å². The van der Waals surface area contributed by atoms with Crippen molar-refractivity contribution in [2.45, 2.75) is 6.92 Å². The van der Waals surface area contributed by atoms with E-state index in [1.165, 1.54) is 0 Å². The Morgan fingerprint density at radius 3 is 2.59 bits per heavy atom.